The molecule has 1 aromatic heterocycles. The zero-order valence-electron chi connectivity index (χ0n) is 13.5. The summed E-state index contributed by atoms with van der Waals surface area (Å²) in [4.78, 5) is 20.8. The van der Waals surface area contributed by atoms with Crippen molar-refractivity contribution in [3.8, 4) is 5.88 Å². The maximum absolute atomic E-state index is 12.0. The highest BCUT2D eigenvalue weighted by Gasteiger charge is 2.10. The second-order valence-electron chi connectivity index (χ2n) is 5.28. The van der Waals surface area contributed by atoms with Gasteiger partial charge in [0.1, 0.15) is 0 Å². The van der Waals surface area contributed by atoms with E-state index < -0.39 is 0 Å². The first-order valence-corrected chi connectivity index (χ1v) is 8.93. The fourth-order valence-electron chi connectivity index (χ4n) is 2.27. The van der Waals surface area contributed by atoms with Crippen LogP contribution < -0.4 is 10.1 Å². The number of ether oxygens (including phenoxy) is 1. The first-order chi connectivity index (χ1) is 11.8. The fraction of sp³-hybridized carbons (Fsp3) is 0.278. The average Bonchev–Trinajstić information content (AvgIpc) is 3.10. The monoisotopic (exact) mass is 341 g/mol. The number of para-hydroxylation sites is 1. The molecule has 0 fully saturated rings. The maximum atomic E-state index is 12.0. The Hall–Kier alpha value is -2.34. The van der Waals surface area contributed by atoms with Crippen LogP contribution in [0.25, 0.3) is 17.0 Å². The van der Waals surface area contributed by atoms with Crippen LogP contribution >= 0.6 is 11.8 Å². The number of carbonyl (C=O) groups excluding carboxylic acids is 1. The Morgan fingerprint density at radius 2 is 2.29 bits per heavy atom. The zero-order valence-corrected chi connectivity index (χ0v) is 14.3. The molecule has 0 bridgehead atoms. The smallest absolute Gasteiger partial charge is 0.249 e. The molecule has 1 amide bonds. The Bertz CT molecular complexity index is 802. The van der Waals surface area contributed by atoms with E-state index >= 15 is 0 Å². The van der Waals surface area contributed by atoms with Crippen LogP contribution in [0.4, 0.5) is 0 Å². The van der Waals surface area contributed by atoms with E-state index in [0.29, 0.717) is 17.7 Å². The third-order valence-corrected chi connectivity index (χ3v) is 4.28. The van der Waals surface area contributed by atoms with E-state index in [1.165, 1.54) is 6.08 Å². The van der Waals surface area contributed by atoms with Crippen molar-refractivity contribution in [3.63, 3.8) is 0 Å². The number of amides is 1. The third kappa shape index (κ3) is 4.14. The largest absolute Gasteiger partial charge is 0.477 e. The van der Waals surface area contributed by atoms with Gasteiger partial charge in [-0.1, -0.05) is 36.9 Å². The third-order valence-electron chi connectivity index (χ3n) is 3.39. The summed E-state index contributed by atoms with van der Waals surface area (Å²) in [5.41, 5.74) is 1.67. The highest BCUT2D eigenvalue weighted by Crippen LogP contribution is 2.23. The fourth-order valence-corrected chi connectivity index (χ4v) is 3.00. The molecular weight excluding hydrogens is 322 g/mol. The molecule has 2 aromatic rings. The number of amidine groups is 1. The molecule has 124 valence electrons. The van der Waals surface area contributed by atoms with Gasteiger partial charge in [-0.2, -0.15) is 0 Å². The molecule has 1 aliphatic heterocycles. The van der Waals surface area contributed by atoms with Gasteiger partial charge in [0.05, 0.1) is 18.7 Å². The Labute approximate surface area is 145 Å². The number of benzene rings is 1. The standard InChI is InChI=1S/C18H19N3O2S/c1-2-10-23-17-14(12-13-5-3-4-6-15(13)20-17)7-8-16(22)21-18-19-9-11-24-18/h3-8,12H,2,9-11H2,1H3,(H,19,21,22). The van der Waals surface area contributed by atoms with Crippen molar-refractivity contribution >= 4 is 39.8 Å². The number of hydrogen-bond acceptors (Lipinski definition) is 5. The molecule has 0 atom stereocenters. The summed E-state index contributed by atoms with van der Waals surface area (Å²) in [6.07, 6.45) is 4.13. The van der Waals surface area contributed by atoms with Gasteiger partial charge in [-0.15, -0.1) is 0 Å². The van der Waals surface area contributed by atoms with Crippen LogP contribution in [0.15, 0.2) is 41.4 Å². The summed E-state index contributed by atoms with van der Waals surface area (Å²) in [5, 5.41) is 4.47. The number of nitrogens with zero attached hydrogens (tertiary/aromatic N) is 2. The molecule has 1 N–H and O–H groups in total. The Balaban J connectivity index is 1.82. The van der Waals surface area contributed by atoms with E-state index in [4.69, 9.17) is 4.74 Å². The minimum Gasteiger partial charge on any atom is -0.477 e. The van der Waals surface area contributed by atoms with Crippen molar-refractivity contribution in [2.24, 2.45) is 4.99 Å². The molecule has 1 aromatic carbocycles. The Morgan fingerprint density at radius 1 is 1.42 bits per heavy atom. The van der Waals surface area contributed by atoms with E-state index in [1.807, 2.05) is 37.3 Å². The summed E-state index contributed by atoms with van der Waals surface area (Å²) in [7, 11) is 0. The van der Waals surface area contributed by atoms with Gasteiger partial charge in [0.25, 0.3) is 0 Å². The Morgan fingerprint density at radius 3 is 3.08 bits per heavy atom. The lowest BCUT2D eigenvalue weighted by molar-refractivity contribution is -0.115. The van der Waals surface area contributed by atoms with Crippen LogP contribution in [0.1, 0.15) is 18.9 Å². The van der Waals surface area contributed by atoms with E-state index in [1.54, 1.807) is 17.8 Å². The number of nitrogens with one attached hydrogen (secondary N) is 1. The van der Waals surface area contributed by atoms with Gasteiger partial charge in [-0.3, -0.25) is 9.79 Å². The number of fused-ring (bicyclic) bond motifs is 1. The molecule has 2 heterocycles. The molecule has 24 heavy (non-hydrogen) atoms. The van der Waals surface area contributed by atoms with Crippen LogP contribution in [0.3, 0.4) is 0 Å². The molecule has 1 aliphatic rings. The number of hydrogen-bond donors (Lipinski definition) is 1. The van der Waals surface area contributed by atoms with Crippen LogP contribution in [-0.2, 0) is 4.79 Å². The van der Waals surface area contributed by atoms with E-state index in [0.717, 1.165) is 35.2 Å². The number of aromatic nitrogens is 1. The van der Waals surface area contributed by atoms with Gasteiger partial charge in [-0.05, 0) is 24.6 Å². The van der Waals surface area contributed by atoms with Crippen molar-refractivity contribution in [1.29, 1.82) is 0 Å². The summed E-state index contributed by atoms with van der Waals surface area (Å²) in [5.74, 6) is 1.27. The lowest BCUT2D eigenvalue weighted by Gasteiger charge is -2.09. The molecule has 0 saturated carbocycles. The lowest BCUT2D eigenvalue weighted by Crippen LogP contribution is -2.25. The predicted octanol–water partition coefficient (Wildman–Crippen LogP) is 3.26. The molecule has 0 spiro atoms. The van der Waals surface area contributed by atoms with Crippen molar-refractivity contribution in [1.82, 2.24) is 10.3 Å². The summed E-state index contributed by atoms with van der Waals surface area (Å²) >= 11 is 1.56. The zero-order chi connectivity index (χ0) is 16.8. The van der Waals surface area contributed by atoms with Crippen LogP contribution in [0, 0.1) is 0 Å². The maximum Gasteiger partial charge on any atom is 0.249 e. The van der Waals surface area contributed by atoms with Gasteiger partial charge < -0.3 is 10.1 Å². The van der Waals surface area contributed by atoms with Crippen molar-refractivity contribution in [3.05, 3.63) is 42.0 Å². The second kappa shape index (κ2) is 7.97. The number of rotatable bonds is 5. The second-order valence-corrected chi connectivity index (χ2v) is 6.37. The van der Waals surface area contributed by atoms with Gasteiger partial charge in [0, 0.05) is 22.8 Å². The van der Waals surface area contributed by atoms with Gasteiger partial charge >= 0.3 is 0 Å². The van der Waals surface area contributed by atoms with Gasteiger partial charge in [-0.25, -0.2) is 4.98 Å². The highest BCUT2D eigenvalue weighted by molar-refractivity contribution is 8.14. The molecule has 5 nitrogen and oxygen atoms in total. The van der Waals surface area contributed by atoms with Crippen LogP contribution in [-0.4, -0.2) is 35.0 Å². The van der Waals surface area contributed by atoms with Crippen LogP contribution in [0.2, 0.25) is 0 Å². The number of carbonyl (C=O) groups is 1. The van der Waals surface area contributed by atoms with Crippen LogP contribution in [0.5, 0.6) is 5.88 Å². The quantitative estimate of drug-likeness (QED) is 0.848. The first kappa shape index (κ1) is 16.5. The molecule has 0 saturated heterocycles. The highest BCUT2D eigenvalue weighted by atomic mass is 32.2. The van der Waals surface area contributed by atoms with E-state index in [2.05, 4.69) is 15.3 Å². The molecule has 6 heteroatoms. The van der Waals surface area contributed by atoms with Crippen molar-refractivity contribution in [2.75, 3.05) is 18.9 Å². The average molecular weight is 341 g/mol. The molecule has 0 unspecified atom stereocenters. The van der Waals surface area contributed by atoms with Crippen molar-refractivity contribution < 1.29 is 9.53 Å². The number of thioether (sulfide) groups is 1. The molecule has 0 radical (unpaired) electrons. The molecule has 0 aliphatic carbocycles. The topological polar surface area (TPSA) is 63.6 Å². The van der Waals surface area contributed by atoms with Gasteiger partial charge in [0.2, 0.25) is 11.8 Å². The Kier molecular flexibility index (Phi) is 5.48. The number of aliphatic imine (C=N–C) groups is 1. The normalized spacial score (nSPS) is 14.1. The lowest BCUT2D eigenvalue weighted by atomic mass is 10.1. The summed E-state index contributed by atoms with van der Waals surface area (Å²) < 4.78 is 5.74. The molecular formula is C18H19N3O2S. The summed E-state index contributed by atoms with van der Waals surface area (Å²) in [6, 6.07) is 9.84. The predicted molar refractivity (Wildman–Crippen MR) is 99.5 cm³/mol. The minimum atomic E-state index is -0.197. The van der Waals surface area contributed by atoms with E-state index in [-0.39, 0.29) is 5.91 Å². The SMILES string of the molecule is CCCOc1nc2ccccc2cc1C=CC(=O)NC1=NCCS1. The van der Waals surface area contributed by atoms with Crippen molar-refractivity contribution in [2.45, 2.75) is 13.3 Å². The summed E-state index contributed by atoms with van der Waals surface area (Å²) in [6.45, 7) is 3.39. The minimum absolute atomic E-state index is 0.197. The van der Waals surface area contributed by atoms with E-state index in [9.17, 15) is 4.79 Å². The first-order valence-electron chi connectivity index (χ1n) is 7.95. The number of pyridine rings is 1. The molecule has 3 rings (SSSR count). The van der Waals surface area contributed by atoms with Gasteiger partial charge in [0.15, 0.2) is 5.17 Å².